The van der Waals surface area contributed by atoms with Gasteiger partial charge in [-0.3, -0.25) is 0 Å². The van der Waals surface area contributed by atoms with Crippen LogP contribution in [0, 0.1) is 13.8 Å². The van der Waals surface area contributed by atoms with E-state index in [2.05, 4.69) is 0 Å². The Morgan fingerprint density at radius 3 is 2.24 bits per heavy atom. The first kappa shape index (κ1) is 12.3. The first-order chi connectivity index (χ1) is 8.06. The highest BCUT2D eigenvalue weighted by Crippen LogP contribution is 2.36. The topological polar surface area (TPSA) is 20.2 Å². The second kappa shape index (κ2) is 5.03. The van der Waals surface area contributed by atoms with E-state index in [1.165, 1.54) is 17.3 Å². The summed E-state index contributed by atoms with van der Waals surface area (Å²) in [5, 5.41) is 10.6. The molecule has 1 N–H and O–H groups in total. The molecular weight excluding hydrogens is 252 g/mol. The maximum atomic E-state index is 9.88. The molecule has 0 aliphatic heterocycles. The maximum Gasteiger partial charge on any atom is 0.129 e. The first-order valence-corrected chi connectivity index (χ1v) is 6.49. The summed E-state index contributed by atoms with van der Waals surface area (Å²) in [7, 11) is 0. The van der Waals surface area contributed by atoms with Crippen molar-refractivity contribution in [2.45, 2.75) is 23.6 Å². The lowest BCUT2D eigenvalue weighted by Crippen LogP contribution is -1.83. The van der Waals surface area contributed by atoms with Crippen LogP contribution in [0.4, 0.5) is 0 Å². The number of phenols is 1. The lowest BCUT2D eigenvalue weighted by Gasteiger charge is -2.08. The molecule has 1 nitrogen and oxygen atoms in total. The molecule has 2 aromatic carbocycles. The third kappa shape index (κ3) is 2.96. The van der Waals surface area contributed by atoms with E-state index >= 15 is 0 Å². The van der Waals surface area contributed by atoms with Gasteiger partial charge >= 0.3 is 0 Å². The van der Waals surface area contributed by atoms with Crippen LogP contribution in [0.1, 0.15) is 11.1 Å². The quantitative estimate of drug-likeness (QED) is 0.840. The van der Waals surface area contributed by atoms with Gasteiger partial charge in [0.05, 0.1) is 4.90 Å². The predicted octanol–water partition coefficient (Wildman–Crippen LogP) is 4.81. The van der Waals surface area contributed by atoms with E-state index in [4.69, 9.17) is 11.6 Å². The van der Waals surface area contributed by atoms with Crippen molar-refractivity contribution in [3.05, 3.63) is 52.5 Å². The molecule has 0 bridgehead atoms. The number of hydrogen-bond donors (Lipinski definition) is 1. The summed E-state index contributed by atoms with van der Waals surface area (Å²) < 4.78 is 0. The molecule has 0 aliphatic rings. The van der Waals surface area contributed by atoms with Crippen molar-refractivity contribution in [3.63, 3.8) is 0 Å². The monoisotopic (exact) mass is 264 g/mol. The normalized spacial score (nSPS) is 10.5. The number of halogens is 1. The van der Waals surface area contributed by atoms with Crippen LogP contribution in [0.25, 0.3) is 0 Å². The average Bonchev–Trinajstić information content (AvgIpc) is 2.29. The summed E-state index contributed by atoms with van der Waals surface area (Å²) in [5.41, 5.74) is 2.28. The van der Waals surface area contributed by atoms with E-state index in [0.717, 1.165) is 20.4 Å². The zero-order chi connectivity index (χ0) is 12.4. The van der Waals surface area contributed by atoms with E-state index in [0.29, 0.717) is 5.75 Å². The maximum absolute atomic E-state index is 9.88. The molecule has 0 unspecified atom stereocenters. The van der Waals surface area contributed by atoms with Crippen molar-refractivity contribution in [2.75, 3.05) is 0 Å². The smallest absolute Gasteiger partial charge is 0.129 e. The number of aryl methyl sites for hydroxylation is 2. The molecule has 2 aromatic rings. The number of rotatable bonds is 2. The van der Waals surface area contributed by atoms with E-state index < -0.39 is 0 Å². The van der Waals surface area contributed by atoms with Gasteiger partial charge in [-0.15, -0.1) is 0 Å². The van der Waals surface area contributed by atoms with E-state index in [1.54, 1.807) is 6.07 Å². The highest BCUT2D eigenvalue weighted by molar-refractivity contribution is 7.99. The van der Waals surface area contributed by atoms with Crippen LogP contribution in [0.3, 0.4) is 0 Å². The largest absolute Gasteiger partial charge is 0.507 e. The Morgan fingerprint density at radius 1 is 1.00 bits per heavy atom. The fourth-order valence-electron chi connectivity index (χ4n) is 1.49. The van der Waals surface area contributed by atoms with Crippen molar-refractivity contribution in [1.82, 2.24) is 0 Å². The molecule has 0 saturated heterocycles. The summed E-state index contributed by atoms with van der Waals surface area (Å²) in [4.78, 5) is 1.93. The van der Waals surface area contributed by atoms with Gasteiger partial charge in [-0.05, 0) is 61.4 Å². The second-order valence-electron chi connectivity index (χ2n) is 3.96. The Kier molecular flexibility index (Phi) is 3.65. The van der Waals surface area contributed by atoms with Gasteiger partial charge in [-0.25, -0.2) is 0 Å². The molecule has 0 spiro atoms. The molecular formula is C14H13ClOS. The minimum atomic E-state index is 0.327. The van der Waals surface area contributed by atoms with Gasteiger partial charge < -0.3 is 5.11 Å². The first-order valence-electron chi connectivity index (χ1n) is 5.30. The van der Waals surface area contributed by atoms with Gasteiger partial charge in [0.25, 0.3) is 0 Å². The van der Waals surface area contributed by atoms with Gasteiger partial charge in [-0.1, -0.05) is 23.4 Å². The molecule has 0 radical (unpaired) electrons. The van der Waals surface area contributed by atoms with Crippen LogP contribution in [0.15, 0.2) is 46.2 Å². The standard InChI is InChI=1S/C14H13ClOS/c1-9-7-13(16)14(8-10(9)2)17-12-5-3-11(15)4-6-12/h3-8,16H,1-2H3. The number of phenolic OH excluding ortho intramolecular Hbond substituents is 1. The summed E-state index contributed by atoms with van der Waals surface area (Å²) in [6.07, 6.45) is 0. The molecule has 17 heavy (non-hydrogen) atoms. The van der Waals surface area contributed by atoms with Gasteiger partial charge in [0, 0.05) is 9.92 Å². The van der Waals surface area contributed by atoms with Crippen LogP contribution < -0.4 is 0 Å². The van der Waals surface area contributed by atoms with E-state index in [-0.39, 0.29) is 0 Å². The van der Waals surface area contributed by atoms with Crippen LogP contribution in [-0.4, -0.2) is 5.11 Å². The molecule has 0 aliphatic carbocycles. The summed E-state index contributed by atoms with van der Waals surface area (Å²) >= 11 is 7.37. The third-order valence-corrected chi connectivity index (χ3v) is 3.92. The van der Waals surface area contributed by atoms with Crippen LogP contribution in [-0.2, 0) is 0 Å². The highest BCUT2D eigenvalue weighted by atomic mass is 35.5. The lowest BCUT2D eigenvalue weighted by molar-refractivity contribution is 0.461. The van der Waals surface area contributed by atoms with Crippen LogP contribution in [0.2, 0.25) is 5.02 Å². The summed E-state index contributed by atoms with van der Waals surface area (Å²) in [6, 6.07) is 11.4. The highest BCUT2D eigenvalue weighted by Gasteiger charge is 2.06. The zero-order valence-electron chi connectivity index (χ0n) is 9.70. The van der Waals surface area contributed by atoms with Crippen molar-refractivity contribution < 1.29 is 5.11 Å². The minimum absolute atomic E-state index is 0.327. The Morgan fingerprint density at radius 2 is 1.59 bits per heavy atom. The fourth-order valence-corrected chi connectivity index (χ4v) is 2.54. The SMILES string of the molecule is Cc1cc(O)c(Sc2ccc(Cl)cc2)cc1C. The predicted molar refractivity (Wildman–Crippen MR) is 73.2 cm³/mol. The Balaban J connectivity index is 2.30. The van der Waals surface area contributed by atoms with Crippen molar-refractivity contribution >= 4 is 23.4 Å². The molecule has 0 fully saturated rings. The number of aromatic hydroxyl groups is 1. The molecule has 0 atom stereocenters. The molecule has 88 valence electrons. The van der Waals surface area contributed by atoms with Crippen molar-refractivity contribution in [3.8, 4) is 5.75 Å². The fraction of sp³-hybridized carbons (Fsp3) is 0.143. The molecule has 0 saturated carbocycles. The van der Waals surface area contributed by atoms with Crippen molar-refractivity contribution in [2.24, 2.45) is 0 Å². The molecule has 0 heterocycles. The molecule has 3 heteroatoms. The average molecular weight is 265 g/mol. The molecule has 0 aromatic heterocycles. The van der Waals surface area contributed by atoms with Gasteiger partial charge in [0.15, 0.2) is 0 Å². The van der Waals surface area contributed by atoms with Gasteiger partial charge in [0.1, 0.15) is 5.75 Å². The summed E-state index contributed by atoms with van der Waals surface area (Å²) in [6.45, 7) is 4.03. The second-order valence-corrected chi connectivity index (χ2v) is 5.51. The Hall–Kier alpha value is -1.12. The lowest BCUT2D eigenvalue weighted by atomic mass is 10.1. The zero-order valence-corrected chi connectivity index (χ0v) is 11.3. The van der Waals surface area contributed by atoms with E-state index in [9.17, 15) is 5.11 Å². The Bertz CT molecular complexity index is 535. The number of hydrogen-bond acceptors (Lipinski definition) is 2. The van der Waals surface area contributed by atoms with Crippen LogP contribution in [0.5, 0.6) is 5.75 Å². The summed E-state index contributed by atoms with van der Waals surface area (Å²) in [5.74, 6) is 0.327. The number of benzene rings is 2. The van der Waals surface area contributed by atoms with E-state index in [1.807, 2.05) is 44.2 Å². The third-order valence-electron chi connectivity index (χ3n) is 2.62. The van der Waals surface area contributed by atoms with Crippen molar-refractivity contribution in [1.29, 1.82) is 0 Å². The Labute approximate surface area is 110 Å². The molecule has 2 rings (SSSR count). The minimum Gasteiger partial charge on any atom is -0.507 e. The molecule has 0 amide bonds. The van der Waals surface area contributed by atoms with Crippen LogP contribution >= 0.6 is 23.4 Å². The van der Waals surface area contributed by atoms with Gasteiger partial charge in [-0.2, -0.15) is 0 Å². The van der Waals surface area contributed by atoms with Gasteiger partial charge in [0.2, 0.25) is 0 Å².